The first kappa shape index (κ1) is 16.7. The van der Waals surface area contributed by atoms with Gasteiger partial charge < -0.3 is 10.6 Å². The molecule has 0 spiro atoms. The lowest BCUT2D eigenvalue weighted by molar-refractivity contribution is -0.122. The van der Waals surface area contributed by atoms with E-state index in [0.717, 1.165) is 23.2 Å². The van der Waals surface area contributed by atoms with Crippen molar-refractivity contribution < 1.29 is 9.59 Å². The Hall–Kier alpha value is -2.62. The molecule has 0 bridgehead atoms. The Balaban J connectivity index is 1.94. The van der Waals surface area contributed by atoms with Crippen molar-refractivity contribution in [1.82, 2.24) is 5.32 Å². The maximum absolute atomic E-state index is 12.4. The normalized spacial score (nSPS) is 11.6. The molecule has 2 N–H and O–H groups in total. The highest BCUT2D eigenvalue weighted by Gasteiger charge is 2.17. The van der Waals surface area contributed by atoms with E-state index in [1.165, 1.54) is 6.92 Å². The summed E-state index contributed by atoms with van der Waals surface area (Å²) in [4.78, 5) is 23.4. The number of benzene rings is 2. The molecule has 0 saturated heterocycles. The monoisotopic (exact) mass is 310 g/mol. The molecule has 0 radical (unpaired) electrons. The van der Waals surface area contributed by atoms with E-state index < -0.39 is 0 Å². The molecule has 4 nitrogen and oxygen atoms in total. The van der Waals surface area contributed by atoms with Crippen molar-refractivity contribution in [1.29, 1.82) is 0 Å². The van der Waals surface area contributed by atoms with Crippen LogP contribution in [0.25, 0.3) is 0 Å². The van der Waals surface area contributed by atoms with Crippen LogP contribution in [0.5, 0.6) is 0 Å². The summed E-state index contributed by atoms with van der Waals surface area (Å²) in [5.41, 5.74) is 2.78. The molecule has 23 heavy (non-hydrogen) atoms. The number of hydrogen-bond acceptors (Lipinski definition) is 2. The van der Waals surface area contributed by atoms with Gasteiger partial charge in [0, 0.05) is 19.2 Å². The second kappa shape index (κ2) is 8.13. The summed E-state index contributed by atoms with van der Waals surface area (Å²) >= 11 is 0. The Morgan fingerprint density at radius 3 is 2.22 bits per heavy atom. The zero-order valence-corrected chi connectivity index (χ0v) is 13.5. The van der Waals surface area contributed by atoms with Gasteiger partial charge in [0.2, 0.25) is 11.8 Å². The summed E-state index contributed by atoms with van der Waals surface area (Å²) < 4.78 is 0. The van der Waals surface area contributed by atoms with Gasteiger partial charge in [0.25, 0.3) is 0 Å². The van der Waals surface area contributed by atoms with Crippen molar-refractivity contribution >= 4 is 17.5 Å². The molecule has 0 aliphatic heterocycles. The molecule has 0 aliphatic rings. The van der Waals surface area contributed by atoms with Gasteiger partial charge in [-0.3, -0.25) is 9.59 Å². The van der Waals surface area contributed by atoms with Crippen molar-refractivity contribution in [2.45, 2.75) is 32.7 Å². The maximum Gasteiger partial charge on any atom is 0.227 e. The van der Waals surface area contributed by atoms with E-state index in [-0.39, 0.29) is 17.7 Å². The molecule has 0 fully saturated rings. The van der Waals surface area contributed by atoms with E-state index in [2.05, 4.69) is 10.6 Å². The zero-order chi connectivity index (χ0) is 16.7. The van der Waals surface area contributed by atoms with Crippen molar-refractivity contribution in [3.63, 3.8) is 0 Å². The minimum absolute atomic E-state index is 0.0321. The number of carbonyl (C=O) groups excluding carboxylic acids is 2. The predicted octanol–water partition coefficient (Wildman–Crippen LogP) is 3.46. The standard InChI is InChI=1S/C19H22N2O2/c1-3-18(16-7-5-4-6-8-16)19(23)20-13-15-9-11-17(12-10-15)21-14(2)22/h4-12,18H,3,13H2,1-2H3,(H,20,23)(H,21,22)/t18-/m0/s1. The van der Waals surface area contributed by atoms with Crippen LogP contribution in [0.4, 0.5) is 5.69 Å². The molecule has 4 heteroatoms. The Labute approximate surface area is 136 Å². The Bertz CT molecular complexity index is 651. The van der Waals surface area contributed by atoms with Crippen molar-refractivity contribution in [2.24, 2.45) is 0 Å². The lowest BCUT2D eigenvalue weighted by atomic mass is 9.95. The highest BCUT2D eigenvalue weighted by Crippen LogP contribution is 2.19. The average molecular weight is 310 g/mol. The summed E-state index contributed by atoms with van der Waals surface area (Å²) in [7, 11) is 0. The minimum atomic E-state index is -0.130. The van der Waals surface area contributed by atoms with Crippen LogP contribution in [-0.4, -0.2) is 11.8 Å². The average Bonchev–Trinajstić information content (AvgIpc) is 2.55. The number of anilines is 1. The third-order valence-electron chi connectivity index (χ3n) is 3.67. The van der Waals surface area contributed by atoms with Crippen LogP contribution in [-0.2, 0) is 16.1 Å². The van der Waals surface area contributed by atoms with Gasteiger partial charge in [-0.15, -0.1) is 0 Å². The fraction of sp³-hybridized carbons (Fsp3) is 0.263. The van der Waals surface area contributed by atoms with Gasteiger partial charge in [-0.2, -0.15) is 0 Å². The highest BCUT2D eigenvalue weighted by atomic mass is 16.2. The zero-order valence-electron chi connectivity index (χ0n) is 13.5. The second-order valence-corrected chi connectivity index (χ2v) is 5.47. The van der Waals surface area contributed by atoms with E-state index in [1.807, 2.05) is 61.5 Å². The number of hydrogen-bond donors (Lipinski definition) is 2. The quantitative estimate of drug-likeness (QED) is 0.858. The predicted molar refractivity (Wildman–Crippen MR) is 92.1 cm³/mol. The first-order valence-electron chi connectivity index (χ1n) is 7.79. The molecule has 0 unspecified atom stereocenters. The van der Waals surface area contributed by atoms with Crippen LogP contribution in [0.2, 0.25) is 0 Å². The van der Waals surface area contributed by atoms with E-state index >= 15 is 0 Å². The smallest absolute Gasteiger partial charge is 0.227 e. The first-order valence-corrected chi connectivity index (χ1v) is 7.79. The first-order chi connectivity index (χ1) is 11.1. The molecule has 2 aromatic rings. The summed E-state index contributed by atoms with van der Waals surface area (Å²) in [6, 6.07) is 17.3. The molecule has 0 saturated carbocycles. The van der Waals surface area contributed by atoms with Crippen LogP contribution >= 0.6 is 0 Å². The van der Waals surface area contributed by atoms with Gasteiger partial charge in [-0.05, 0) is 29.7 Å². The van der Waals surface area contributed by atoms with Gasteiger partial charge in [0.05, 0.1) is 5.92 Å². The van der Waals surface area contributed by atoms with Crippen molar-refractivity contribution in [3.8, 4) is 0 Å². The van der Waals surface area contributed by atoms with Crippen LogP contribution in [0.1, 0.15) is 37.3 Å². The molecule has 120 valence electrons. The van der Waals surface area contributed by atoms with Crippen LogP contribution < -0.4 is 10.6 Å². The lowest BCUT2D eigenvalue weighted by Gasteiger charge is -2.15. The molecule has 2 amide bonds. The van der Waals surface area contributed by atoms with Gasteiger partial charge >= 0.3 is 0 Å². The van der Waals surface area contributed by atoms with Gasteiger partial charge in [0.1, 0.15) is 0 Å². The summed E-state index contributed by atoms with van der Waals surface area (Å²) in [6.07, 6.45) is 0.761. The molecule has 1 atom stereocenters. The van der Waals surface area contributed by atoms with Crippen LogP contribution in [0, 0.1) is 0 Å². The van der Waals surface area contributed by atoms with Gasteiger partial charge in [-0.1, -0.05) is 49.4 Å². The van der Waals surface area contributed by atoms with E-state index in [0.29, 0.717) is 6.54 Å². The lowest BCUT2D eigenvalue weighted by Crippen LogP contribution is -2.28. The third-order valence-corrected chi connectivity index (χ3v) is 3.67. The fourth-order valence-corrected chi connectivity index (χ4v) is 2.48. The topological polar surface area (TPSA) is 58.2 Å². The summed E-state index contributed by atoms with van der Waals surface area (Å²) in [5, 5.41) is 5.70. The molecular weight excluding hydrogens is 288 g/mol. The third kappa shape index (κ3) is 4.95. The van der Waals surface area contributed by atoms with E-state index in [9.17, 15) is 9.59 Å². The van der Waals surface area contributed by atoms with Crippen LogP contribution in [0.3, 0.4) is 0 Å². The SMILES string of the molecule is CC[C@H](C(=O)NCc1ccc(NC(C)=O)cc1)c1ccccc1. The van der Waals surface area contributed by atoms with Crippen LogP contribution in [0.15, 0.2) is 54.6 Å². The summed E-state index contributed by atoms with van der Waals surface area (Å²) in [5.74, 6) is -0.195. The Kier molecular flexibility index (Phi) is 5.92. The molecule has 2 rings (SSSR count). The molecule has 2 aromatic carbocycles. The molecule has 0 aliphatic carbocycles. The number of rotatable bonds is 6. The molecular formula is C19H22N2O2. The van der Waals surface area contributed by atoms with Gasteiger partial charge in [-0.25, -0.2) is 0 Å². The van der Waals surface area contributed by atoms with E-state index in [4.69, 9.17) is 0 Å². The minimum Gasteiger partial charge on any atom is -0.351 e. The Morgan fingerprint density at radius 2 is 1.65 bits per heavy atom. The van der Waals surface area contributed by atoms with Crippen molar-refractivity contribution in [3.05, 3.63) is 65.7 Å². The van der Waals surface area contributed by atoms with Crippen molar-refractivity contribution in [2.75, 3.05) is 5.32 Å². The summed E-state index contributed by atoms with van der Waals surface area (Å²) in [6.45, 7) is 3.96. The van der Waals surface area contributed by atoms with E-state index in [1.54, 1.807) is 0 Å². The molecule has 0 heterocycles. The molecule has 0 aromatic heterocycles. The second-order valence-electron chi connectivity index (χ2n) is 5.47. The van der Waals surface area contributed by atoms with Gasteiger partial charge in [0.15, 0.2) is 0 Å². The fourth-order valence-electron chi connectivity index (χ4n) is 2.48. The highest BCUT2D eigenvalue weighted by molar-refractivity contribution is 5.88. The number of nitrogens with one attached hydrogen (secondary N) is 2. The largest absolute Gasteiger partial charge is 0.351 e. The number of amides is 2. The maximum atomic E-state index is 12.4. The number of carbonyl (C=O) groups is 2. The Morgan fingerprint density at radius 1 is 1.00 bits per heavy atom.